The molecule has 0 N–H and O–H groups in total. The van der Waals surface area contributed by atoms with Crippen molar-refractivity contribution in [2.24, 2.45) is 0 Å². The average Bonchev–Trinajstić information content (AvgIpc) is 2.25. The predicted octanol–water partition coefficient (Wildman–Crippen LogP) is 2.37. The Morgan fingerprint density at radius 3 is 2.24 bits per heavy atom. The lowest BCUT2D eigenvalue weighted by atomic mass is 10.1. The Bertz CT molecular complexity index is 207. The summed E-state index contributed by atoms with van der Waals surface area (Å²) in [7, 11) is 2.18. The van der Waals surface area contributed by atoms with Gasteiger partial charge < -0.3 is 9.80 Å². The standard InChI is InChI=1S/C12H23ClN2O.ClH/c1-14-8-10-15(11-9-14)7-5-3-2-4-6-12(13)16;/h2-11H2,1H3;1H. The topological polar surface area (TPSA) is 23.6 Å². The predicted molar refractivity (Wildman–Crippen MR) is 75.1 cm³/mol. The third kappa shape index (κ3) is 8.83. The fraction of sp³-hybridized carbons (Fsp3) is 0.917. The zero-order valence-electron chi connectivity index (χ0n) is 10.7. The molecule has 0 spiro atoms. The second kappa shape index (κ2) is 10.1. The Hall–Kier alpha value is 0.170. The number of hydrogen-bond donors (Lipinski definition) is 0. The molecule has 0 bridgehead atoms. The summed E-state index contributed by atoms with van der Waals surface area (Å²) in [5.74, 6) is 0. The van der Waals surface area contributed by atoms with Gasteiger partial charge in [0.2, 0.25) is 5.24 Å². The molecule has 5 heteroatoms. The van der Waals surface area contributed by atoms with Gasteiger partial charge in [-0.05, 0) is 38.0 Å². The third-order valence-electron chi connectivity index (χ3n) is 3.19. The fourth-order valence-corrected chi connectivity index (χ4v) is 2.16. The van der Waals surface area contributed by atoms with E-state index in [1.54, 1.807) is 0 Å². The van der Waals surface area contributed by atoms with Crippen LogP contribution in [0.5, 0.6) is 0 Å². The quantitative estimate of drug-likeness (QED) is 0.529. The molecule has 0 amide bonds. The summed E-state index contributed by atoms with van der Waals surface area (Å²) in [6.45, 7) is 6.01. The van der Waals surface area contributed by atoms with Gasteiger partial charge in [-0.3, -0.25) is 4.79 Å². The van der Waals surface area contributed by atoms with Gasteiger partial charge in [0.05, 0.1) is 0 Å². The monoisotopic (exact) mass is 282 g/mol. The molecule has 1 aliphatic heterocycles. The molecule has 0 unspecified atom stereocenters. The second-order valence-electron chi connectivity index (χ2n) is 4.66. The summed E-state index contributed by atoms with van der Waals surface area (Å²) >= 11 is 5.27. The number of piperazine rings is 1. The first-order valence-electron chi connectivity index (χ1n) is 6.28. The molecule has 0 saturated carbocycles. The van der Waals surface area contributed by atoms with Gasteiger partial charge in [-0.15, -0.1) is 12.4 Å². The lowest BCUT2D eigenvalue weighted by molar-refractivity contribution is -0.111. The summed E-state index contributed by atoms with van der Waals surface area (Å²) in [5.41, 5.74) is 0. The van der Waals surface area contributed by atoms with Crippen LogP contribution in [0.15, 0.2) is 0 Å². The van der Waals surface area contributed by atoms with Crippen molar-refractivity contribution < 1.29 is 4.79 Å². The Labute approximate surface area is 116 Å². The minimum atomic E-state index is -0.195. The van der Waals surface area contributed by atoms with Crippen LogP contribution < -0.4 is 0 Å². The van der Waals surface area contributed by atoms with Crippen molar-refractivity contribution in [1.29, 1.82) is 0 Å². The molecule has 1 saturated heterocycles. The molecule has 17 heavy (non-hydrogen) atoms. The number of halogens is 2. The van der Waals surface area contributed by atoms with Crippen LogP contribution in [0.3, 0.4) is 0 Å². The van der Waals surface area contributed by atoms with Gasteiger partial charge in [0.15, 0.2) is 0 Å². The van der Waals surface area contributed by atoms with E-state index in [-0.39, 0.29) is 17.6 Å². The van der Waals surface area contributed by atoms with Crippen LogP contribution in [0, 0.1) is 0 Å². The molecule has 0 atom stereocenters. The van der Waals surface area contributed by atoms with Gasteiger partial charge in [0.25, 0.3) is 0 Å². The summed E-state index contributed by atoms with van der Waals surface area (Å²) < 4.78 is 0. The van der Waals surface area contributed by atoms with E-state index in [0.717, 1.165) is 12.8 Å². The molecule has 0 aromatic carbocycles. The maximum absolute atomic E-state index is 10.5. The van der Waals surface area contributed by atoms with Crippen LogP contribution >= 0.6 is 24.0 Å². The molecular weight excluding hydrogens is 259 g/mol. The van der Waals surface area contributed by atoms with Crippen LogP contribution in [-0.2, 0) is 4.79 Å². The van der Waals surface area contributed by atoms with Crippen molar-refractivity contribution >= 4 is 29.3 Å². The smallest absolute Gasteiger partial charge is 0.221 e. The van der Waals surface area contributed by atoms with E-state index in [1.807, 2.05) is 0 Å². The van der Waals surface area contributed by atoms with Crippen LogP contribution in [0.4, 0.5) is 0 Å². The van der Waals surface area contributed by atoms with E-state index in [2.05, 4.69) is 16.8 Å². The summed E-state index contributed by atoms with van der Waals surface area (Å²) in [6.07, 6.45) is 5.09. The molecular formula is C12H24Cl2N2O. The highest BCUT2D eigenvalue weighted by atomic mass is 35.5. The van der Waals surface area contributed by atoms with Crippen LogP contribution in [0.2, 0.25) is 0 Å². The van der Waals surface area contributed by atoms with E-state index < -0.39 is 0 Å². The summed E-state index contributed by atoms with van der Waals surface area (Å²) in [6, 6.07) is 0. The minimum absolute atomic E-state index is 0. The van der Waals surface area contributed by atoms with Gasteiger partial charge in [-0.1, -0.05) is 12.8 Å². The number of carbonyl (C=O) groups is 1. The maximum atomic E-state index is 10.5. The first-order valence-corrected chi connectivity index (χ1v) is 6.65. The molecule has 1 fully saturated rings. The summed E-state index contributed by atoms with van der Waals surface area (Å²) in [4.78, 5) is 15.4. The van der Waals surface area contributed by atoms with Crippen molar-refractivity contribution in [3.05, 3.63) is 0 Å². The van der Waals surface area contributed by atoms with Gasteiger partial charge in [-0.2, -0.15) is 0 Å². The van der Waals surface area contributed by atoms with Gasteiger partial charge >= 0.3 is 0 Å². The van der Waals surface area contributed by atoms with E-state index in [1.165, 1.54) is 45.6 Å². The Morgan fingerprint density at radius 1 is 1.06 bits per heavy atom. The molecule has 102 valence electrons. The zero-order chi connectivity index (χ0) is 11.8. The zero-order valence-corrected chi connectivity index (χ0v) is 12.2. The highest BCUT2D eigenvalue weighted by molar-refractivity contribution is 6.63. The van der Waals surface area contributed by atoms with Crippen molar-refractivity contribution in [3.63, 3.8) is 0 Å². The van der Waals surface area contributed by atoms with Crippen molar-refractivity contribution in [1.82, 2.24) is 9.80 Å². The molecule has 1 rings (SSSR count). The number of rotatable bonds is 7. The van der Waals surface area contributed by atoms with E-state index in [4.69, 9.17) is 11.6 Å². The van der Waals surface area contributed by atoms with E-state index >= 15 is 0 Å². The Balaban J connectivity index is 0.00000256. The van der Waals surface area contributed by atoms with E-state index in [9.17, 15) is 4.79 Å². The SMILES string of the molecule is CN1CCN(CCCCCCC(=O)Cl)CC1.Cl. The third-order valence-corrected chi connectivity index (χ3v) is 3.38. The van der Waals surface area contributed by atoms with E-state index in [0.29, 0.717) is 6.42 Å². The van der Waals surface area contributed by atoms with Crippen LogP contribution in [0.1, 0.15) is 32.1 Å². The second-order valence-corrected chi connectivity index (χ2v) is 5.09. The first kappa shape index (κ1) is 17.2. The van der Waals surface area contributed by atoms with Gasteiger partial charge in [0, 0.05) is 32.6 Å². The van der Waals surface area contributed by atoms with Crippen LogP contribution in [0.25, 0.3) is 0 Å². The molecule has 1 aliphatic rings. The molecule has 3 nitrogen and oxygen atoms in total. The van der Waals surface area contributed by atoms with Crippen molar-refractivity contribution in [2.75, 3.05) is 39.8 Å². The van der Waals surface area contributed by atoms with Crippen molar-refractivity contribution in [2.45, 2.75) is 32.1 Å². The number of unbranched alkanes of at least 4 members (excludes halogenated alkanes) is 3. The Kier molecular flexibility index (Phi) is 10.2. The van der Waals surface area contributed by atoms with Crippen molar-refractivity contribution in [3.8, 4) is 0 Å². The number of hydrogen-bond acceptors (Lipinski definition) is 3. The maximum Gasteiger partial charge on any atom is 0.221 e. The fourth-order valence-electron chi connectivity index (χ4n) is 2.02. The molecule has 0 aliphatic carbocycles. The highest BCUT2D eigenvalue weighted by Gasteiger charge is 2.12. The number of likely N-dealkylation sites (N-methyl/N-ethyl adjacent to an activating group) is 1. The average molecular weight is 283 g/mol. The molecule has 1 heterocycles. The van der Waals surface area contributed by atoms with Gasteiger partial charge in [0.1, 0.15) is 0 Å². The number of carbonyl (C=O) groups excluding carboxylic acids is 1. The normalized spacial score (nSPS) is 17.8. The Morgan fingerprint density at radius 2 is 1.65 bits per heavy atom. The minimum Gasteiger partial charge on any atom is -0.304 e. The molecule has 0 radical (unpaired) electrons. The largest absolute Gasteiger partial charge is 0.304 e. The number of nitrogens with zero attached hydrogens (tertiary/aromatic N) is 2. The summed E-state index contributed by atoms with van der Waals surface area (Å²) in [5, 5.41) is -0.195. The molecule has 0 aromatic rings. The lowest BCUT2D eigenvalue weighted by Gasteiger charge is -2.32. The van der Waals surface area contributed by atoms with Crippen LogP contribution in [-0.4, -0.2) is 54.8 Å². The lowest BCUT2D eigenvalue weighted by Crippen LogP contribution is -2.44. The highest BCUT2D eigenvalue weighted by Crippen LogP contribution is 2.07. The molecule has 0 aromatic heterocycles. The first-order chi connectivity index (χ1) is 7.68. The van der Waals surface area contributed by atoms with Gasteiger partial charge in [-0.25, -0.2) is 0 Å².